The van der Waals surface area contributed by atoms with Crippen LogP contribution in [0, 0.1) is 0 Å². The highest BCUT2D eigenvalue weighted by atomic mass is 79.9. The monoisotopic (exact) mass is 338 g/mol. The number of methoxy groups -OCH3 is 1. The standard InChI is InChI=1S/C11H15BrO5S/c1-15-6-7-16-11(12)17-9-4-3-5-10(8-9)18(2,13)14/h3-5,8,11H,6-7H2,1-2H3. The first-order valence-electron chi connectivity index (χ1n) is 5.15. The summed E-state index contributed by atoms with van der Waals surface area (Å²) in [5, 5.41) is -0.650. The molecule has 0 aliphatic rings. The minimum absolute atomic E-state index is 0.205. The van der Waals surface area contributed by atoms with Crippen molar-refractivity contribution in [2.24, 2.45) is 0 Å². The van der Waals surface area contributed by atoms with Gasteiger partial charge in [-0.15, -0.1) is 0 Å². The van der Waals surface area contributed by atoms with Crippen LogP contribution >= 0.6 is 15.9 Å². The minimum Gasteiger partial charge on any atom is -0.455 e. The van der Waals surface area contributed by atoms with Crippen molar-refractivity contribution >= 4 is 25.8 Å². The first kappa shape index (κ1) is 15.4. The van der Waals surface area contributed by atoms with Crippen LogP contribution in [0.15, 0.2) is 29.2 Å². The summed E-state index contributed by atoms with van der Waals surface area (Å²) in [5.41, 5.74) is 0. The zero-order valence-corrected chi connectivity index (χ0v) is 12.5. The molecule has 0 aliphatic heterocycles. The largest absolute Gasteiger partial charge is 0.455 e. The molecule has 102 valence electrons. The van der Waals surface area contributed by atoms with Gasteiger partial charge in [-0.25, -0.2) is 8.42 Å². The van der Waals surface area contributed by atoms with Crippen LogP contribution in [0.3, 0.4) is 0 Å². The highest BCUT2D eigenvalue weighted by molar-refractivity contribution is 9.09. The molecule has 5 nitrogen and oxygen atoms in total. The Morgan fingerprint density at radius 1 is 1.33 bits per heavy atom. The van der Waals surface area contributed by atoms with E-state index in [0.29, 0.717) is 19.0 Å². The smallest absolute Gasteiger partial charge is 0.257 e. The summed E-state index contributed by atoms with van der Waals surface area (Å²) in [5.74, 6) is 0.414. The van der Waals surface area contributed by atoms with Crippen molar-refractivity contribution in [3.8, 4) is 5.75 Å². The fraction of sp³-hybridized carbons (Fsp3) is 0.455. The number of rotatable bonds is 7. The van der Waals surface area contributed by atoms with Gasteiger partial charge in [-0.2, -0.15) is 0 Å². The van der Waals surface area contributed by atoms with Crippen LogP contribution < -0.4 is 4.74 Å². The summed E-state index contributed by atoms with van der Waals surface area (Å²) in [7, 11) is -1.67. The second-order valence-corrected chi connectivity index (χ2v) is 6.27. The highest BCUT2D eigenvalue weighted by Gasteiger charge is 2.10. The van der Waals surface area contributed by atoms with Gasteiger partial charge in [-0.1, -0.05) is 6.07 Å². The van der Waals surface area contributed by atoms with Gasteiger partial charge in [0.15, 0.2) is 9.84 Å². The molecule has 1 rings (SSSR count). The molecule has 0 saturated heterocycles. The lowest BCUT2D eigenvalue weighted by atomic mass is 10.3. The van der Waals surface area contributed by atoms with Crippen molar-refractivity contribution < 1.29 is 22.6 Å². The summed E-state index contributed by atoms with van der Waals surface area (Å²) >= 11 is 3.17. The molecule has 0 radical (unpaired) electrons. The Bertz CT molecular complexity index is 474. The molecule has 0 heterocycles. The van der Waals surface area contributed by atoms with Crippen LogP contribution in [0.1, 0.15) is 0 Å². The van der Waals surface area contributed by atoms with E-state index in [0.717, 1.165) is 6.26 Å². The Morgan fingerprint density at radius 2 is 2.06 bits per heavy atom. The molecule has 18 heavy (non-hydrogen) atoms. The predicted octanol–water partition coefficient (Wildman–Crippen LogP) is 1.81. The normalized spacial score (nSPS) is 13.3. The van der Waals surface area contributed by atoms with Gasteiger partial charge in [-0.05, 0) is 34.1 Å². The number of halogens is 1. The van der Waals surface area contributed by atoms with Crippen molar-refractivity contribution in [2.75, 3.05) is 26.6 Å². The molecule has 0 amide bonds. The SMILES string of the molecule is COCCOC(Br)Oc1cccc(S(C)(=O)=O)c1. The van der Waals surface area contributed by atoms with E-state index in [9.17, 15) is 8.42 Å². The molecule has 0 N–H and O–H groups in total. The predicted molar refractivity (Wildman–Crippen MR) is 70.7 cm³/mol. The molecule has 1 unspecified atom stereocenters. The summed E-state index contributed by atoms with van der Waals surface area (Å²) in [4.78, 5) is 0.205. The summed E-state index contributed by atoms with van der Waals surface area (Å²) in [6, 6.07) is 6.23. The molecule has 1 atom stereocenters. The van der Waals surface area contributed by atoms with Crippen molar-refractivity contribution in [1.82, 2.24) is 0 Å². The summed E-state index contributed by atoms with van der Waals surface area (Å²) in [6.07, 6.45) is 1.15. The number of alkyl halides is 1. The molecular formula is C11H15BrO5S. The Balaban J connectivity index is 2.62. The van der Waals surface area contributed by atoms with Gasteiger partial charge in [-0.3, -0.25) is 0 Å². The molecule has 1 aromatic carbocycles. The van der Waals surface area contributed by atoms with Crippen molar-refractivity contribution in [3.05, 3.63) is 24.3 Å². The van der Waals surface area contributed by atoms with E-state index >= 15 is 0 Å². The Labute approximate surface area is 115 Å². The van der Waals surface area contributed by atoms with Gasteiger partial charge in [0.2, 0.25) is 0 Å². The third-order valence-electron chi connectivity index (χ3n) is 2.00. The second-order valence-electron chi connectivity index (χ2n) is 3.50. The van der Waals surface area contributed by atoms with E-state index in [2.05, 4.69) is 15.9 Å². The van der Waals surface area contributed by atoms with Gasteiger partial charge in [0, 0.05) is 13.4 Å². The van der Waals surface area contributed by atoms with Crippen LogP contribution in [0.2, 0.25) is 0 Å². The number of hydrogen-bond acceptors (Lipinski definition) is 5. The molecule has 0 aromatic heterocycles. The maximum Gasteiger partial charge on any atom is 0.257 e. The Kier molecular flexibility index (Phi) is 6.07. The van der Waals surface area contributed by atoms with E-state index < -0.39 is 15.0 Å². The van der Waals surface area contributed by atoms with Gasteiger partial charge in [0.25, 0.3) is 5.20 Å². The van der Waals surface area contributed by atoms with E-state index in [1.54, 1.807) is 19.2 Å². The Morgan fingerprint density at radius 3 is 2.67 bits per heavy atom. The molecule has 0 fully saturated rings. The number of hydrogen-bond donors (Lipinski definition) is 0. The molecular weight excluding hydrogens is 324 g/mol. The van der Waals surface area contributed by atoms with Crippen LogP contribution in [0.4, 0.5) is 0 Å². The fourth-order valence-electron chi connectivity index (χ4n) is 1.14. The summed E-state index contributed by atoms with van der Waals surface area (Å²) in [6.45, 7) is 0.826. The summed E-state index contributed by atoms with van der Waals surface area (Å²) < 4.78 is 38.2. The maximum absolute atomic E-state index is 11.4. The first-order chi connectivity index (χ1) is 8.43. The molecule has 1 aromatic rings. The first-order valence-corrected chi connectivity index (χ1v) is 7.95. The molecule has 0 bridgehead atoms. The highest BCUT2D eigenvalue weighted by Crippen LogP contribution is 2.20. The van der Waals surface area contributed by atoms with E-state index in [1.807, 2.05) is 0 Å². The van der Waals surface area contributed by atoms with Gasteiger partial charge < -0.3 is 14.2 Å². The van der Waals surface area contributed by atoms with E-state index in [1.165, 1.54) is 12.1 Å². The molecule has 0 aliphatic carbocycles. The zero-order valence-electron chi connectivity index (χ0n) is 10.1. The number of benzene rings is 1. The topological polar surface area (TPSA) is 61.8 Å². The molecule has 7 heteroatoms. The molecule has 0 spiro atoms. The second kappa shape index (κ2) is 7.08. The maximum atomic E-state index is 11.4. The van der Waals surface area contributed by atoms with Crippen LogP contribution in [0.25, 0.3) is 0 Å². The lowest BCUT2D eigenvalue weighted by Crippen LogP contribution is -2.16. The van der Waals surface area contributed by atoms with Gasteiger partial charge >= 0.3 is 0 Å². The minimum atomic E-state index is -3.24. The average molecular weight is 339 g/mol. The van der Waals surface area contributed by atoms with Crippen LogP contribution in [-0.4, -0.2) is 40.2 Å². The van der Waals surface area contributed by atoms with E-state index in [-0.39, 0.29) is 4.90 Å². The fourth-order valence-corrected chi connectivity index (χ4v) is 2.20. The van der Waals surface area contributed by atoms with Crippen molar-refractivity contribution in [2.45, 2.75) is 10.1 Å². The number of sulfone groups is 1. The quantitative estimate of drug-likeness (QED) is 0.431. The van der Waals surface area contributed by atoms with Gasteiger partial charge in [0.1, 0.15) is 5.75 Å². The van der Waals surface area contributed by atoms with Gasteiger partial charge in [0.05, 0.1) is 18.1 Å². The Hall–Kier alpha value is -0.630. The third-order valence-corrected chi connectivity index (χ3v) is 3.56. The molecule has 0 saturated carbocycles. The average Bonchev–Trinajstić information content (AvgIpc) is 2.28. The third kappa shape index (κ3) is 5.34. The van der Waals surface area contributed by atoms with E-state index in [4.69, 9.17) is 14.2 Å². The van der Waals surface area contributed by atoms with Crippen LogP contribution in [-0.2, 0) is 19.3 Å². The van der Waals surface area contributed by atoms with Crippen molar-refractivity contribution in [1.29, 1.82) is 0 Å². The van der Waals surface area contributed by atoms with Crippen molar-refractivity contribution in [3.63, 3.8) is 0 Å². The number of ether oxygens (including phenoxy) is 3. The lowest BCUT2D eigenvalue weighted by molar-refractivity contribution is -0.0293. The lowest BCUT2D eigenvalue weighted by Gasteiger charge is -2.14. The van der Waals surface area contributed by atoms with Crippen LogP contribution in [0.5, 0.6) is 5.75 Å². The zero-order chi connectivity index (χ0) is 13.6.